The normalized spacial score (nSPS) is 9.40. The van der Waals surface area contributed by atoms with E-state index in [1.54, 1.807) is 0 Å². The summed E-state index contributed by atoms with van der Waals surface area (Å²) in [6.07, 6.45) is 0. The number of halogens is 2. The molecule has 15 heavy (non-hydrogen) atoms. The smallest absolute Gasteiger partial charge is 0.197 e. The third-order valence-corrected chi connectivity index (χ3v) is 2.21. The zero-order chi connectivity index (χ0) is 11.4. The highest BCUT2D eigenvalue weighted by molar-refractivity contribution is 9.10. The third kappa shape index (κ3) is 2.39. The van der Waals surface area contributed by atoms with Crippen LogP contribution in [-0.4, -0.2) is 5.78 Å². The number of benzene rings is 1. The van der Waals surface area contributed by atoms with E-state index < -0.39 is 17.5 Å². The first-order chi connectivity index (χ1) is 7.10. The molecule has 0 bridgehead atoms. The first-order valence-corrected chi connectivity index (χ1v) is 4.68. The molecule has 1 aromatic rings. The van der Waals surface area contributed by atoms with Gasteiger partial charge in [0.05, 0.1) is 17.7 Å². The molecule has 74 valence electrons. The molecule has 0 radical (unpaired) electrons. The Morgan fingerprint density at radius 2 is 2.00 bits per heavy atom. The van der Waals surface area contributed by atoms with E-state index in [2.05, 4.69) is 15.9 Å². The molecular formula is C10H4BrFN2O. The minimum Gasteiger partial charge on any atom is -0.291 e. The first-order valence-electron chi connectivity index (χ1n) is 3.88. The number of rotatable bonds is 2. The maximum Gasteiger partial charge on any atom is 0.197 e. The fraction of sp³-hybridized carbons (Fsp3) is 0.100. The molecule has 3 nitrogen and oxygen atoms in total. The summed E-state index contributed by atoms with van der Waals surface area (Å²) >= 11 is 3.04. The molecule has 0 heterocycles. The van der Waals surface area contributed by atoms with Gasteiger partial charge in [0.15, 0.2) is 11.7 Å². The number of hydrogen-bond acceptors (Lipinski definition) is 3. The quantitative estimate of drug-likeness (QED) is 0.773. The van der Waals surface area contributed by atoms with Crippen LogP contribution in [0.1, 0.15) is 10.4 Å². The summed E-state index contributed by atoms with van der Waals surface area (Å²) in [6, 6.07) is 6.83. The van der Waals surface area contributed by atoms with Crippen LogP contribution in [0.5, 0.6) is 0 Å². The van der Waals surface area contributed by atoms with Gasteiger partial charge >= 0.3 is 0 Å². The number of carbonyl (C=O) groups excluding carboxylic acids is 1. The van der Waals surface area contributed by atoms with Crippen LogP contribution >= 0.6 is 15.9 Å². The SMILES string of the molecule is N#CC(C#N)C(=O)c1ccc(Br)cc1F. The predicted octanol–water partition coefficient (Wildman–Crippen LogP) is 2.43. The molecule has 0 N–H and O–H groups in total. The van der Waals surface area contributed by atoms with Crippen molar-refractivity contribution in [2.45, 2.75) is 0 Å². The van der Waals surface area contributed by atoms with Crippen molar-refractivity contribution in [2.24, 2.45) is 5.92 Å². The van der Waals surface area contributed by atoms with Crippen molar-refractivity contribution in [3.05, 3.63) is 34.1 Å². The van der Waals surface area contributed by atoms with Crippen LogP contribution in [0, 0.1) is 34.4 Å². The van der Waals surface area contributed by atoms with Crippen LogP contribution in [0.2, 0.25) is 0 Å². The second-order valence-corrected chi connectivity index (χ2v) is 3.60. The molecule has 0 amide bonds. The molecule has 0 unspecified atom stereocenters. The van der Waals surface area contributed by atoms with Gasteiger partial charge < -0.3 is 0 Å². The number of nitrogens with zero attached hydrogens (tertiary/aromatic N) is 2. The molecule has 0 spiro atoms. The Morgan fingerprint density at radius 1 is 1.40 bits per heavy atom. The molecule has 0 saturated heterocycles. The van der Waals surface area contributed by atoms with Crippen molar-refractivity contribution < 1.29 is 9.18 Å². The molecule has 0 atom stereocenters. The summed E-state index contributed by atoms with van der Waals surface area (Å²) in [6.45, 7) is 0. The van der Waals surface area contributed by atoms with Gasteiger partial charge in [-0.05, 0) is 18.2 Å². The molecule has 0 aliphatic heterocycles. The number of ketones is 1. The van der Waals surface area contributed by atoms with Gasteiger partial charge in [0.2, 0.25) is 0 Å². The topological polar surface area (TPSA) is 64.7 Å². The molecule has 0 saturated carbocycles. The highest BCUT2D eigenvalue weighted by atomic mass is 79.9. The van der Waals surface area contributed by atoms with Crippen LogP contribution in [-0.2, 0) is 0 Å². The third-order valence-electron chi connectivity index (χ3n) is 1.72. The van der Waals surface area contributed by atoms with E-state index in [9.17, 15) is 9.18 Å². The lowest BCUT2D eigenvalue weighted by Gasteiger charge is -2.02. The van der Waals surface area contributed by atoms with Gasteiger partial charge in [0.25, 0.3) is 0 Å². The molecule has 0 fully saturated rings. The van der Waals surface area contributed by atoms with E-state index in [4.69, 9.17) is 10.5 Å². The van der Waals surface area contributed by atoms with E-state index in [1.165, 1.54) is 24.3 Å². The van der Waals surface area contributed by atoms with Crippen LogP contribution in [0.4, 0.5) is 4.39 Å². The highest BCUT2D eigenvalue weighted by Crippen LogP contribution is 2.17. The number of carbonyl (C=O) groups is 1. The fourth-order valence-electron chi connectivity index (χ4n) is 0.991. The van der Waals surface area contributed by atoms with Gasteiger partial charge in [-0.15, -0.1) is 0 Å². The van der Waals surface area contributed by atoms with Crippen molar-refractivity contribution in [1.82, 2.24) is 0 Å². The molecule has 1 aromatic carbocycles. The Morgan fingerprint density at radius 3 is 2.47 bits per heavy atom. The largest absolute Gasteiger partial charge is 0.291 e. The second-order valence-electron chi connectivity index (χ2n) is 2.68. The van der Waals surface area contributed by atoms with E-state index in [-0.39, 0.29) is 5.56 Å². The Bertz CT molecular complexity index is 473. The number of hydrogen-bond donors (Lipinski definition) is 0. The van der Waals surface area contributed by atoms with Crippen molar-refractivity contribution in [3.8, 4) is 12.1 Å². The van der Waals surface area contributed by atoms with Crippen LogP contribution in [0.3, 0.4) is 0 Å². The molecule has 0 aromatic heterocycles. The number of Topliss-reactive ketones (excluding diaryl/α,β-unsaturated/α-hetero) is 1. The molecule has 0 aliphatic rings. The highest BCUT2D eigenvalue weighted by Gasteiger charge is 2.21. The Labute approximate surface area is 93.9 Å². The average Bonchev–Trinajstić information content (AvgIpc) is 2.19. The molecular weight excluding hydrogens is 263 g/mol. The summed E-state index contributed by atoms with van der Waals surface area (Å²) in [7, 11) is 0. The Hall–Kier alpha value is -1.72. The zero-order valence-electron chi connectivity index (χ0n) is 7.37. The standard InChI is InChI=1S/C10H4BrFN2O/c11-7-1-2-8(9(12)3-7)10(15)6(4-13)5-14/h1-3,6H. The van der Waals surface area contributed by atoms with Crippen LogP contribution in [0.15, 0.2) is 22.7 Å². The van der Waals surface area contributed by atoms with Crippen molar-refractivity contribution >= 4 is 21.7 Å². The Kier molecular flexibility index (Phi) is 3.54. The van der Waals surface area contributed by atoms with Gasteiger partial charge in [-0.1, -0.05) is 15.9 Å². The van der Waals surface area contributed by atoms with E-state index >= 15 is 0 Å². The van der Waals surface area contributed by atoms with Gasteiger partial charge in [0, 0.05) is 4.47 Å². The lowest BCUT2D eigenvalue weighted by Crippen LogP contribution is -2.12. The molecule has 0 aliphatic carbocycles. The maximum atomic E-state index is 13.3. The fourth-order valence-corrected chi connectivity index (χ4v) is 1.32. The molecule has 5 heteroatoms. The monoisotopic (exact) mass is 266 g/mol. The van der Waals surface area contributed by atoms with Crippen molar-refractivity contribution in [3.63, 3.8) is 0 Å². The summed E-state index contributed by atoms with van der Waals surface area (Å²) in [5.41, 5.74) is -0.244. The van der Waals surface area contributed by atoms with Gasteiger partial charge in [0.1, 0.15) is 5.82 Å². The van der Waals surface area contributed by atoms with Crippen molar-refractivity contribution in [1.29, 1.82) is 10.5 Å². The summed E-state index contributed by atoms with van der Waals surface area (Å²) in [4.78, 5) is 11.4. The lowest BCUT2D eigenvalue weighted by atomic mass is 10.00. The van der Waals surface area contributed by atoms with Crippen LogP contribution in [0.25, 0.3) is 0 Å². The number of nitriles is 2. The molecule has 1 rings (SSSR count). The predicted molar refractivity (Wildman–Crippen MR) is 53.1 cm³/mol. The summed E-state index contributed by atoms with van der Waals surface area (Å²) in [5.74, 6) is -3.02. The Balaban J connectivity index is 3.14. The summed E-state index contributed by atoms with van der Waals surface area (Å²) in [5, 5.41) is 17.0. The first kappa shape index (κ1) is 11.4. The minimum atomic E-state index is -1.46. The minimum absolute atomic E-state index is 0.244. The second kappa shape index (κ2) is 4.68. The average molecular weight is 267 g/mol. The van der Waals surface area contributed by atoms with E-state index in [0.717, 1.165) is 6.07 Å². The van der Waals surface area contributed by atoms with Gasteiger partial charge in [-0.25, -0.2) is 4.39 Å². The lowest BCUT2D eigenvalue weighted by molar-refractivity contribution is 0.0967. The van der Waals surface area contributed by atoms with E-state index in [0.29, 0.717) is 4.47 Å². The summed E-state index contributed by atoms with van der Waals surface area (Å²) < 4.78 is 13.8. The van der Waals surface area contributed by atoms with Crippen molar-refractivity contribution in [2.75, 3.05) is 0 Å². The van der Waals surface area contributed by atoms with Gasteiger partial charge in [-0.2, -0.15) is 10.5 Å². The maximum absolute atomic E-state index is 13.3. The van der Waals surface area contributed by atoms with Gasteiger partial charge in [-0.3, -0.25) is 4.79 Å². The van der Waals surface area contributed by atoms with E-state index in [1.807, 2.05) is 0 Å². The zero-order valence-corrected chi connectivity index (χ0v) is 8.95. The van der Waals surface area contributed by atoms with Crippen LogP contribution < -0.4 is 0 Å².